The molecule has 0 aromatic heterocycles. The first kappa shape index (κ1) is 11.1. The van der Waals surface area contributed by atoms with E-state index in [9.17, 15) is 0 Å². The molecule has 0 bridgehead atoms. The van der Waals surface area contributed by atoms with Gasteiger partial charge in [-0.3, -0.25) is 0 Å². The second kappa shape index (κ2) is 4.83. The molecule has 0 saturated carbocycles. The summed E-state index contributed by atoms with van der Waals surface area (Å²) in [4.78, 5) is 2.19. The molecule has 0 saturated heterocycles. The number of nitrogens with zero attached hydrogens (tertiary/aromatic N) is 2. The zero-order chi connectivity index (χ0) is 7.56. The zero-order valence-electron chi connectivity index (χ0n) is 6.98. The third-order valence-electron chi connectivity index (χ3n) is 1.93. The molecule has 0 spiro atoms. The Balaban J connectivity index is 0.000001000. The van der Waals surface area contributed by atoms with Gasteiger partial charge >= 0.3 is 5.29 Å². The van der Waals surface area contributed by atoms with Gasteiger partial charge in [-0.2, -0.15) is 0 Å². The van der Waals surface area contributed by atoms with Crippen LogP contribution in [-0.4, -0.2) is 40.9 Å². The SMILES string of the molecule is CCN1CC[N+](CC)=C1Cl.[Cl-]. The van der Waals surface area contributed by atoms with E-state index in [4.69, 9.17) is 11.6 Å². The fourth-order valence-corrected chi connectivity index (χ4v) is 1.61. The highest BCUT2D eigenvalue weighted by molar-refractivity contribution is 6.63. The smallest absolute Gasteiger partial charge is 0.345 e. The van der Waals surface area contributed by atoms with Crippen LogP contribution in [0.3, 0.4) is 0 Å². The maximum absolute atomic E-state index is 6.01. The topological polar surface area (TPSA) is 6.25 Å². The van der Waals surface area contributed by atoms with Gasteiger partial charge in [-0.25, -0.2) is 9.48 Å². The quantitative estimate of drug-likeness (QED) is 0.365. The van der Waals surface area contributed by atoms with E-state index < -0.39 is 0 Å². The largest absolute Gasteiger partial charge is 1.00 e. The summed E-state index contributed by atoms with van der Waals surface area (Å²) in [5.41, 5.74) is 0. The summed E-state index contributed by atoms with van der Waals surface area (Å²) in [7, 11) is 0. The van der Waals surface area contributed by atoms with Gasteiger partial charge in [-0.05, 0) is 13.8 Å². The number of amidine groups is 1. The zero-order valence-corrected chi connectivity index (χ0v) is 8.49. The normalized spacial score (nSPS) is 17.2. The van der Waals surface area contributed by atoms with Gasteiger partial charge < -0.3 is 12.4 Å². The van der Waals surface area contributed by atoms with Gasteiger partial charge in [0, 0.05) is 11.6 Å². The van der Waals surface area contributed by atoms with Crippen molar-refractivity contribution in [3.8, 4) is 0 Å². The molecule has 0 unspecified atom stereocenters. The van der Waals surface area contributed by atoms with Crippen molar-refractivity contribution in [1.29, 1.82) is 0 Å². The molecule has 1 aliphatic rings. The molecule has 4 heteroatoms. The lowest BCUT2D eigenvalue weighted by molar-refractivity contribution is -0.512. The van der Waals surface area contributed by atoms with Crippen LogP contribution in [0.2, 0.25) is 0 Å². The molecule has 0 aromatic rings. The van der Waals surface area contributed by atoms with Gasteiger partial charge in [0.15, 0.2) is 0 Å². The Morgan fingerprint density at radius 2 is 2.18 bits per heavy atom. The molecule has 1 rings (SSSR count). The first-order valence-corrected chi connectivity index (χ1v) is 4.19. The van der Waals surface area contributed by atoms with Gasteiger partial charge in [0.1, 0.15) is 13.1 Å². The Morgan fingerprint density at radius 1 is 1.55 bits per heavy atom. The highest BCUT2D eigenvalue weighted by Gasteiger charge is 2.25. The van der Waals surface area contributed by atoms with Crippen LogP contribution < -0.4 is 12.4 Å². The van der Waals surface area contributed by atoms with E-state index in [1.807, 2.05) is 0 Å². The van der Waals surface area contributed by atoms with E-state index in [-0.39, 0.29) is 12.4 Å². The van der Waals surface area contributed by atoms with E-state index in [1.165, 1.54) is 0 Å². The van der Waals surface area contributed by atoms with Crippen LogP contribution in [0.4, 0.5) is 0 Å². The third kappa shape index (κ3) is 2.24. The average Bonchev–Trinajstić information content (AvgIpc) is 2.30. The Morgan fingerprint density at radius 3 is 2.45 bits per heavy atom. The summed E-state index contributed by atoms with van der Waals surface area (Å²) >= 11 is 6.01. The van der Waals surface area contributed by atoms with E-state index in [0.717, 1.165) is 31.5 Å². The summed E-state index contributed by atoms with van der Waals surface area (Å²) in [6.45, 7) is 8.47. The first-order chi connectivity index (χ1) is 4.79. The van der Waals surface area contributed by atoms with Crippen LogP contribution in [0.15, 0.2) is 0 Å². The number of hydrogen-bond donors (Lipinski definition) is 0. The molecule has 0 radical (unpaired) electrons. The number of hydrogen-bond acceptors (Lipinski definition) is 1. The van der Waals surface area contributed by atoms with E-state index in [1.54, 1.807) is 0 Å². The van der Waals surface area contributed by atoms with Crippen LogP contribution in [-0.2, 0) is 0 Å². The molecule has 0 fully saturated rings. The average molecular weight is 197 g/mol. The molecule has 0 amide bonds. The van der Waals surface area contributed by atoms with Crippen LogP contribution in [0.5, 0.6) is 0 Å². The van der Waals surface area contributed by atoms with Gasteiger partial charge in [0.2, 0.25) is 0 Å². The second-order valence-electron chi connectivity index (χ2n) is 2.43. The minimum absolute atomic E-state index is 0. The predicted octanol–water partition coefficient (Wildman–Crippen LogP) is -2.05. The van der Waals surface area contributed by atoms with E-state index in [2.05, 4.69) is 23.3 Å². The van der Waals surface area contributed by atoms with Gasteiger partial charge in [0.05, 0.1) is 13.1 Å². The first-order valence-electron chi connectivity index (χ1n) is 3.82. The maximum atomic E-state index is 6.01. The highest BCUT2D eigenvalue weighted by Crippen LogP contribution is 2.03. The van der Waals surface area contributed by atoms with E-state index >= 15 is 0 Å². The Kier molecular flexibility index (Phi) is 4.86. The number of likely N-dealkylation sites (N-methyl/N-ethyl adjacent to an activating group) is 2. The number of halogens is 2. The lowest BCUT2D eigenvalue weighted by atomic mass is 10.5. The molecule has 0 aliphatic carbocycles. The van der Waals surface area contributed by atoms with Crippen LogP contribution in [0.25, 0.3) is 0 Å². The minimum atomic E-state index is 0. The lowest BCUT2D eigenvalue weighted by Crippen LogP contribution is -3.00. The highest BCUT2D eigenvalue weighted by atomic mass is 35.5. The Hall–Kier alpha value is 0.0500. The lowest BCUT2D eigenvalue weighted by Gasteiger charge is -2.03. The van der Waals surface area contributed by atoms with Gasteiger partial charge in [-0.15, -0.1) is 0 Å². The van der Waals surface area contributed by atoms with Crippen molar-refractivity contribution in [3.63, 3.8) is 0 Å². The third-order valence-corrected chi connectivity index (χ3v) is 2.40. The molecule has 2 nitrogen and oxygen atoms in total. The predicted molar refractivity (Wildman–Crippen MR) is 43.8 cm³/mol. The van der Waals surface area contributed by atoms with Crippen molar-refractivity contribution in [2.75, 3.05) is 26.2 Å². The van der Waals surface area contributed by atoms with Crippen LogP contribution in [0, 0.1) is 0 Å². The molecule has 11 heavy (non-hydrogen) atoms. The van der Waals surface area contributed by atoms with Crippen molar-refractivity contribution in [2.24, 2.45) is 0 Å². The van der Waals surface area contributed by atoms with Gasteiger partial charge in [-0.1, -0.05) is 0 Å². The molecular weight excluding hydrogens is 183 g/mol. The van der Waals surface area contributed by atoms with Crippen molar-refractivity contribution in [3.05, 3.63) is 0 Å². The Labute approximate surface area is 79.2 Å². The molecule has 0 atom stereocenters. The monoisotopic (exact) mass is 196 g/mol. The van der Waals surface area contributed by atoms with Crippen LogP contribution in [0.1, 0.15) is 13.8 Å². The van der Waals surface area contributed by atoms with Crippen molar-refractivity contribution in [1.82, 2.24) is 4.90 Å². The van der Waals surface area contributed by atoms with E-state index in [0.29, 0.717) is 0 Å². The maximum Gasteiger partial charge on any atom is 0.345 e. The molecule has 66 valence electrons. The number of rotatable bonds is 2. The fraction of sp³-hybridized carbons (Fsp3) is 0.857. The summed E-state index contributed by atoms with van der Waals surface area (Å²) < 4.78 is 2.19. The van der Waals surface area contributed by atoms with Crippen molar-refractivity contribution < 1.29 is 17.0 Å². The minimum Gasteiger partial charge on any atom is -1.00 e. The summed E-state index contributed by atoms with van der Waals surface area (Å²) in [6, 6.07) is 0. The molecule has 1 heterocycles. The van der Waals surface area contributed by atoms with Crippen molar-refractivity contribution >= 4 is 16.9 Å². The summed E-state index contributed by atoms with van der Waals surface area (Å²) in [5.74, 6) is 0. The molecular formula is C7H14Cl2N2. The standard InChI is InChI=1S/C7H14ClN2.ClH/c1-3-9-5-6-10(4-2)7(9)8;/h3-6H2,1-2H3;1H/q+1;/p-1. The molecule has 0 aromatic carbocycles. The summed E-state index contributed by atoms with van der Waals surface area (Å²) in [5, 5.41) is 0.921. The molecule has 0 N–H and O–H groups in total. The van der Waals surface area contributed by atoms with Gasteiger partial charge in [0.25, 0.3) is 0 Å². The molecule has 1 aliphatic heterocycles. The summed E-state index contributed by atoms with van der Waals surface area (Å²) in [6.07, 6.45) is 0. The second-order valence-corrected chi connectivity index (χ2v) is 2.77. The fourth-order valence-electron chi connectivity index (χ4n) is 1.20. The van der Waals surface area contributed by atoms with Crippen LogP contribution >= 0.6 is 11.6 Å². The Bertz CT molecular complexity index is 157. The van der Waals surface area contributed by atoms with Crippen molar-refractivity contribution in [2.45, 2.75) is 13.8 Å².